The molecule has 0 aliphatic carbocycles. The van der Waals surface area contributed by atoms with Gasteiger partial charge >= 0.3 is 5.97 Å². The second-order valence-electron chi connectivity index (χ2n) is 5.90. The standard InChI is InChI=1S/C21H14N2O4/c24-15-8-6-13(7-9-15)17-11-18(25)16-4-1-5-19(20(16)23-17)27-21(26)14-3-2-10-22-12-14/h1-12,24H,(H,23,25). The number of pyridine rings is 2. The van der Waals surface area contributed by atoms with E-state index in [0.717, 1.165) is 5.56 Å². The molecule has 0 unspecified atom stereocenters. The first-order valence-electron chi connectivity index (χ1n) is 8.19. The number of nitrogens with zero attached hydrogens (tertiary/aromatic N) is 1. The number of hydrogen-bond acceptors (Lipinski definition) is 5. The van der Waals surface area contributed by atoms with Gasteiger partial charge in [-0.25, -0.2) is 4.79 Å². The predicted molar refractivity (Wildman–Crippen MR) is 101 cm³/mol. The first-order chi connectivity index (χ1) is 13.1. The van der Waals surface area contributed by atoms with Gasteiger partial charge in [0.2, 0.25) is 0 Å². The first kappa shape index (κ1) is 16.5. The fourth-order valence-corrected chi connectivity index (χ4v) is 2.77. The third-order valence-corrected chi connectivity index (χ3v) is 4.10. The van der Waals surface area contributed by atoms with Gasteiger partial charge in [-0.2, -0.15) is 0 Å². The van der Waals surface area contributed by atoms with Gasteiger partial charge in [0.15, 0.2) is 11.2 Å². The van der Waals surface area contributed by atoms with Crippen molar-refractivity contribution in [2.45, 2.75) is 0 Å². The fourth-order valence-electron chi connectivity index (χ4n) is 2.77. The molecule has 0 bridgehead atoms. The maximum absolute atomic E-state index is 12.5. The molecule has 2 aromatic heterocycles. The molecule has 2 heterocycles. The van der Waals surface area contributed by atoms with Crippen molar-refractivity contribution in [2.24, 2.45) is 0 Å². The number of carbonyl (C=O) groups excluding carboxylic acids is 1. The van der Waals surface area contributed by atoms with Gasteiger partial charge in [-0.15, -0.1) is 0 Å². The molecule has 6 nitrogen and oxygen atoms in total. The molecule has 0 saturated heterocycles. The molecule has 0 aliphatic rings. The van der Waals surface area contributed by atoms with Gasteiger partial charge in [-0.1, -0.05) is 6.07 Å². The smallest absolute Gasteiger partial charge is 0.345 e. The number of benzene rings is 2. The molecule has 0 aliphatic heterocycles. The number of carbonyl (C=O) groups is 1. The van der Waals surface area contributed by atoms with Crippen molar-refractivity contribution in [1.82, 2.24) is 9.97 Å². The third-order valence-electron chi connectivity index (χ3n) is 4.10. The Kier molecular flexibility index (Phi) is 4.14. The molecule has 0 fully saturated rings. The molecular weight excluding hydrogens is 344 g/mol. The Labute approximate surface area is 153 Å². The number of aromatic nitrogens is 2. The number of fused-ring (bicyclic) bond motifs is 1. The summed E-state index contributed by atoms with van der Waals surface area (Å²) >= 11 is 0. The SMILES string of the molecule is O=C(Oc1cccc2c(=O)cc(-c3ccc(O)cc3)[nH]c12)c1cccnc1. The number of aromatic amines is 1. The summed E-state index contributed by atoms with van der Waals surface area (Å²) in [4.78, 5) is 31.9. The molecule has 0 amide bonds. The van der Waals surface area contributed by atoms with Crippen LogP contribution in [0.2, 0.25) is 0 Å². The maximum Gasteiger partial charge on any atom is 0.345 e. The summed E-state index contributed by atoms with van der Waals surface area (Å²) in [6.07, 6.45) is 2.98. The minimum absolute atomic E-state index is 0.132. The molecule has 0 atom stereocenters. The zero-order valence-electron chi connectivity index (χ0n) is 14.0. The third kappa shape index (κ3) is 3.28. The highest BCUT2D eigenvalue weighted by atomic mass is 16.5. The molecule has 0 saturated carbocycles. The summed E-state index contributed by atoms with van der Waals surface area (Å²) in [5.74, 6) is -0.182. The lowest BCUT2D eigenvalue weighted by Crippen LogP contribution is -2.10. The van der Waals surface area contributed by atoms with Crippen LogP contribution in [0.4, 0.5) is 0 Å². The van der Waals surface area contributed by atoms with Crippen molar-refractivity contribution in [2.75, 3.05) is 0 Å². The quantitative estimate of drug-likeness (QED) is 0.432. The van der Waals surface area contributed by atoms with Gasteiger partial charge in [0.05, 0.1) is 11.1 Å². The summed E-state index contributed by atoms with van der Waals surface area (Å²) in [5, 5.41) is 9.86. The van der Waals surface area contributed by atoms with Crippen LogP contribution in [0, 0.1) is 0 Å². The van der Waals surface area contributed by atoms with Crippen LogP contribution in [0.15, 0.2) is 77.9 Å². The van der Waals surface area contributed by atoms with E-state index in [4.69, 9.17) is 4.74 Å². The van der Waals surface area contributed by atoms with E-state index in [1.165, 1.54) is 24.4 Å². The highest BCUT2D eigenvalue weighted by Crippen LogP contribution is 2.26. The van der Waals surface area contributed by atoms with Gasteiger partial charge in [-0.3, -0.25) is 9.78 Å². The number of H-pyrrole nitrogens is 1. The van der Waals surface area contributed by atoms with Crippen molar-refractivity contribution in [3.05, 3.63) is 88.8 Å². The second-order valence-corrected chi connectivity index (χ2v) is 5.90. The number of rotatable bonds is 3. The van der Waals surface area contributed by atoms with Gasteiger partial charge in [0, 0.05) is 29.5 Å². The monoisotopic (exact) mass is 358 g/mol. The Balaban J connectivity index is 1.80. The summed E-state index contributed by atoms with van der Waals surface area (Å²) in [6.45, 7) is 0. The van der Waals surface area contributed by atoms with Gasteiger partial charge in [0.25, 0.3) is 0 Å². The van der Waals surface area contributed by atoms with Crippen LogP contribution in [0.25, 0.3) is 22.2 Å². The highest BCUT2D eigenvalue weighted by Gasteiger charge is 2.13. The average Bonchev–Trinajstić information content (AvgIpc) is 2.69. The molecule has 0 radical (unpaired) electrons. The topological polar surface area (TPSA) is 92.3 Å². The van der Waals surface area contributed by atoms with E-state index in [0.29, 0.717) is 22.2 Å². The van der Waals surface area contributed by atoms with Crippen molar-refractivity contribution in [1.29, 1.82) is 0 Å². The van der Waals surface area contributed by atoms with E-state index in [1.54, 1.807) is 48.7 Å². The lowest BCUT2D eigenvalue weighted by atomic mass is 10.1. The number of phenolic OH excluding ortho intramolecular Hbond substituents is 1. The number of para-hydroxylation sites is 1. The number of nitrogens with one attached hydrogen (secondary N) is 1. The summed E-state index contributed by atoms with van der Waals surface area (Å²) < 4.78 is 5.49. The lowest BCUT2D eigenvalue weighted by Gasteiger charge is -2.10. The van der Waals surface area contributed by atoms with Crippen LogP contribution in [0.3, 0.4) is 0 Å². The fraction of sp³-hybridized carbons (Fsp3) is 0. The minimum atomic E-state index is -0.563. The molecule has 132 valence electrons. The van der Waals surface area contributed by atoms with Crippen LogP contribution in [-0.2, 0) is 0 Å². The Hall–Kier alpha value is -3.93. The van der Waals surface area contributed by atoms with Crippen molar-refractivity contribution >= 4 is 16.9 Å². The number of phenols is 1. The summed E-state index contributed by atoms with van der Waals surface area (Å²) in [5.41, 5.74) is 1.81. The van der Waals surface area contributed by atoms with Crippen LogP contribution in [-0.4, -0.2) is 21.0 Å². The van der Waals surface area contributed by atoms with Gasteiger partial charge in [0.1, 0.15) is 5.75 Å². The zero-order valence-corrected chi connectivity index (χ0v) is 14.0. The molecule has 4 rings (SSSR count). The summed E-state index contributed by atoms with van der Waals surface area (Å²) in [6, 6.07) is 16.1. The lowest BCUT2D eigenvalue weighted by molar-refractivity contribution is 0.0736. The highest BCUT2D eigenvalue weighted by molar-refractivity contribution is 5.94. The van der Waals surface area contributed by atoms with Crippen LogP contribution in [0.1, 0.15) is 10.4 Å². The van der Waals surface area contributed by atoms with E-state index >= 15 is 0 Å². The van der Waals surface area contributed by atoms with Crippen molar-refractivity contribution < 1.29 is 14.6 Å². The molecular formula is C21H14N2O4. The Morgan fingerprint density at radius 3 is 2.59 bits per heavy atom. The Morgan fingerprint density at radius 1 is 1.04 bits per heavy atom. The predicted octanol–water partition coefficient (Wildman–Crippen LogP) is 3.51. The Bertz CT molecular complexity index is 1180. The van der Waals surface area contributed by atoms with Crippen molar-refractivity contribution in [3.8, 4) is 22.8 Å². The minimum Gasteiger partial charge on any atom is -0.508 e. The largest absolute Gasteiger partial charge is 0.508 e. The van der Waals surface area contributed by atoms with Crippen LogP contribution >= 0.6 is 0 Å². The normalized spacial score (nSPS) is 10.7. The molecule has 27 heavy (non-hydrogen) atoms. The van der Waals surface area contributed by atoms with Crippen LogP contribution in [0.5, 0.6) is 11.5 Å². The molecule has 2 N–H and O–H groups in total. The van der Waals surface area contributed by atoms with E-state index in [9.17, 15) is 14.7 Å². The average molecular weight is 358 g/mol. The van der Waals surface area contributed by atoms with Crippen LogP contribution < -0.4 is 10.2 Å². The van der Waals surface area contributed by atoms with Gasteiger partial charge in [-0.05, 0) is 54.1 Å². The number of ether oxygens (including phenoxy) is 1. The van der Waals surface area contributed by atoms with Gasteiger partial charge < -0.3 is 14.8 Å². The van der Waals surface area contributed by atoms with E-state index in [2.05, 4.69) is 9.97 Å². The number of esters is 1. The molecule has 4 aromatic rings. The number of aromatic hydroxyl groups is 1. The molecule has 2 aromatic carbocycles. The van der Waals surface area contributed by atoms with E-state index in [1.807, 2.05) is 0 Å². The summed E-state index contributed by atoms with van der Waals surface area (Å²) in [7, 11) is 0. The molecule has 6 heteroatoms. The molecule has 0 spiro atoms. The van der Waals surface area contributed by atoms with Crippen molar-refractivity contribution in [3.63, 3.8) is 0 Å². The second kappa shape index (κ2) is 6.76. The van der Waals surface area contributed by atoms with E-state index < -0.39 is 5.97 Å². The number of hydrogen-bond donors (Lipinski definition) is 2. The first-order valence-corrected chi connectivity index (χ1v) is 8.19. The van der Waals surface area contributed by atoms with E-state index in [-0.39, 0.29) is 16.9 Å². The Morgan fingerprint density at radius 2 is 1.85 bits per heavy atom. The zero-order chi connectivity index (χ0) is 18.8. The maximum atomic E-state index is 12.5.